The van der Waals surface area contributed by atoms with Gasteiger partial charge in [0.15, 0.2) is 0 Å². The first-order valence-corrected chi connectivity index (χ1v) is 6.56. The fraction of sp³-hybridized carbons (Fsp3) is 0.0625. The zero-order chi connectivity index (χ0) is 12.4. The highest BCUT2D eigenvalue weighted by Crippen LogP contribution is 2.28. The van der Waals surface area contributed by atoms with Crippen LogP contribution in [0.4, 0.5) is 0 Å². The van der Waals surface area contributed by atoms with E-state index in [2.05, 4.69) is 47.9 Å². The minimum atomic E-state index is 0.693. The van der Waals surface area contributed by atoms with Crippen molar-refractivity contribution in [1.29, 1.82) is 0 Å². The second-order valence-electron chi connectivity index (χ2n) is 4.20. The molecule has 0 aliphatic rings. The fourth-order valence-electron chi connectivity index (χ4n) is 2.23. The van der Waals surface area contributed by atoms with Crippen LogP contribution >= 0.6 is 12.6 Å². The Labute approximate surface area is 112 Å². The van der Waals surface area contributed by atoms with Gasteiger partial charge in [0.1, 0.15) is 0 Å². The summed E-state index contributed by atoms with van der Waals surface area (Å²) in [6.07, 6.45) is 1.94. The molecule has 0 bridgehead atoms. The van der Waals surface area contributed by atoms with Gasteiger partial charge in [-0.25, -0.2) is 0 Å². The predicted molar refractivity (Wildman–Crippen MR) is 79.9 cm³/mol. The highest BCUT2D eigenvalue weighted by atomic mass is 32.1. The molecule has 2 aromatic carbocycles. The smallest absolute Gasteiger partial charge is 0.0748 e. The van der Waals surface area contributed by atoms with Gasteiger partial charge in [-0.1, -0.05) is 54.6 Å². The van der Waals surface area contributed by atoms with Crippen LogP contribution in [0.3, 0.4) is 0 Å². The highest BCUT2D eigenvalue weighted by Gasteiger charge is 2.09. The van der Waals surface area contributed by atoms with E-state index in [1.54, 1.807) is 0 Å². The molecule has 1 aromatic heterocycles. The molecule has 0 N–H and O–H groups in total. The van der Waals surface area contributed by atoms with Gasteiger partial charge >= 0.3 is 0 Å². The number of rotatable bonds is 2. The fourth-order valence-corrected chi connectivity index (χ4v) is 2.55. The maximum atomic E-state index is 4.60. The first-order chi connectivity index (χ1) is 8.90. The summed E-state index contributed by atoms with van der Waals surface area (Å²) < 4.78 is 0. The van der Waals surface area contributed by atoms with Crippen molar-refractivity contribution >= 4 is 23.4 Å². The van der Waals surface area contributed by atoms with Gasteiger partial charge in [0.05, 0.1) is 5.69 Å². The van der Waals surface area contributed by atoms with Crippen LogP contribution in [-0.4, -0.2) is 4.98 Å². The lowest BCUT2D eigenvalue weighted by atomic mass is 10.0. The minimum absolute atomic E-state index is 0.693. The average molecular weight is 251 g/mol. The Hall–Kier alpha value is -1.80. The summed E-state index contributed by atoms with van der Waals surface area (Å²) in [6.45, 7) is 0. The predicted octanol–water partition coefficient (Wildman–Crippen LogP) is 4.33. The second kappa shape index (κ2) is 4.83. The molecular formula is C16H13NS. The molecule has 0 saturated heterocycles. The standard InChI is InChI=1S/C16H13NS/c18-11-15-14-9-5-4-8-13(14)10-17-16(15)12-6-2-1-3-7-12/h1-10,18H,11H2. The summed E-state index contributed by atoms with van der Waals surface area (Å²) in [7, 11) is 0. The van der Waals surface area contributed by atoms with Crippen molar-refractivity contribution in [1.82, 2.24) is 4.98 Å². The van der Waals surface area contributed by atoms with Gasteiger partial charge in [0, 0.05) is 22.9 Å². The summed E-state index contributed by atoms with van der Waals surface area (Å²) in [5.41, 5.74) is 3.37. The van der Waals surface area contributed by atoms with Crippen molar-refractivity contribution in [2.24, 2.45) is 0 Å². The normalized spacial score (nSPS) is 10.7. The van der Waals surface area contributed by atoms with Gasteiger partial charge < -0.3 is 0 Å². The van der Waals surface area contributed by atoms with E-state index < -0.39 is 0 Å². The maximum Gasteiger partial charge on any atom is 0.0748 e. The summed E-state index contributed by atoms with van der Waals surface area (Å²) in [5.74, 6) is 0.693. The van der Waals surface area contributed by atoms with E-state index in [0.29, 0.717) is 5.75 Å². The van der Waals surface area contributed by atoms with Crippen molar-refractivity contribution in [2.45, 2.75) is 5.75 Å². The Kier molecular flexibility index (Phi) is 3.03. The van der Waals surface area contributed by atoms with Gasteiger partial charge in [-0.2, -0.15) is 12.6 Å². The highest BCUT2D eigenvalue weighted by molar-refractivity contribution is 7.79. The number of aromatic nitrogens is 1. The first kappa shape index (κ1) is 11.3. The number of hydrogen-bond acceptors (Lipinski definition) is 2. The molecule has 18 heavy (non-hydrogen) atoms. The Morgan fingerprint density at radius 2 is 1.61 bits per heavy atom. The van der Waals surface area contributed by atoms with E-state index in [1.165, 1.54) is 16.3 Å². The van der Waals surface area contributed by atoms with Crippen LogP contribution in [0.5, 0.6) is 0 Å². The first-order valence-electron chi connectivity index (χ1n) is 5.93. The Bertz CT molecular complexity index is 677. The van der Waals surface area contributed by atoms with Gasteiger partial charge in [0.2, 0.25) is 0 Å². The summed E-state index contributed by atoms with van der Waals surface area (Å²) in [6, 6.07) is 18.6. The van der Waals surface area contributed by atoms with Crippen molar-refractivity contribution in [3.8, 4) is 11.3 Å². The molecule has 0 spiro atoms. The SMILES string of the molecule is SCc1c(-c2ccccc2)ncc2ccccc12. The molecule has 3 aromatic rings. The zero-order valence-corrected chi connectivity index (χ0v) is 10.8. The van der Waals surface area contributed by atoms with E-state index in [4.69, 9.17) is 0 Å². The van der Waals surface area contributed by atoms with Gasteiger partial charge in [-0.15, -0.1) is 0 Å². The Morgan fingerprint density at radius 3 is 2.39 bits per heavy atom. The number of benzene rings is 2. The average Bonchev–Trinajstić information content (AvgIpc) is 2.47. The van der Waals surface area contributed by atoms with Crippen molar-refractivity contribution in [3.05, 3.63) is 66.4 Å². The lowest BCUT2D eigenvalue weighted by Gasteiger charge is -2.10. The van der Waals surface area contributed by atoms with E-state index in [0.717, 1.165) is 11.3 Å². The molecule has 1 heterocycles. The third-order valence-corrected chi connectivity index (χ3v) is 3.43. The molecule has 1 nitrogen and oxygen atoms in total. The van der Waals surface area contributed by atoms with Crippen LogP contribution in [0.1, 0.15) is 5.56 Å². The van der Waals surface area contributed by atoms with E-state index >= 15 is 0 Å². The molecular weight excluding hydrogens is 238 g/mol. The third-order valence-electron chi connectivity index (χ3n) is 3.11. The van der Waals surface area contributed by atoms with Crippen LogP contribution in [0.25, 0.3) is 22.0 Å². The van der Waals surface area contributed by atoms with E-state index in [9.17, 15) is 0 Å². The van der Waals surface area contributed by atoms with Crippen LogP contribution in [-0.2, 0) is 5.75 Å². The van der Waals surface area contributed by atoms with Crippen molar-refractivity contribution in [3.63, 3.8) is 0 Å². The lowest BCUT2D eigenvalue weighted by molar-refractivity contribution is 1.29. The largest absolute Gasteiger partial charge is 0.255 e. The van der Waals surface area contributed by atoms with Gasteiger partial charge in [-0.3, -0.25) is 4.98 Å². The molecule has 0 aliphatic heterocycles. The molecule has 0 atom stereocenters. The van der Waals surface area contributed by atoms with Crippen LogP contribution in [0.2, 0.25) is 0 Å². The van der Waals surface area contributed by atoms with Gasteiger partial charge in [-0.05, 0) is 10.9 Å². The van der Waals surface area contributed by atoms with Crippen LogP contribution < -0.4 is 0 Å². The third kappa shape index (κ3) is 1.89. The molecule has 0 amide bonds. The molecule has 0 saturated carbocycles. The Morgan fingerprint density at radius 1 is 0.889 bits per heavy atom. The second-order valence-corrected chi connectivity index (χ2v) is 4.51. The number of hydrogen-bond donors (Lipinski definition) is 1. The monoisotopic (exact) mass is 251 g/mol. The lowest BCUT2D eigenvalue weighted by Crippen LogP contribution is -1.92. The Balaban J connectivity index is 2.31. The minimum Gasteiger partial charge on any atom is -0.255 e. The molecule has 3 rings (SSSR count). The number of fused-ring (bicyclic) bond motifs is 1. The summed E-state index contributed by atoms with van der Waals surface area (Å²) in [4.78, 5) is 4.60. The quantitative estimate of drug-likeness (QED) is 0.669. The van der Waals surface area contributed by atoms with E-state index in [-0.39, 0.29) is 0 Å². The maximum absolute atomic E-state index is 4.60. The zero-order valence-electron chi connectivity index (χ0n) is 9.88. The number of pyridine rings is 1. The van der Waals surface area contributed by atoms with Crippen LogP contribution in [0.15, 0.2) is 60.8 Å². The molecule has 0 aliphatic carbocycles. The summed E-state index contributed by atoms with van der Waals surface area (Å²) >= 11 is 4.47. The molecule has 88 valence electrons. The summed E-state index contributed by atoms with van der Waals surface area (Å²) in [5, 5.41) is 2.41. The number of nitrogens with zero attached hydrogens (tertiary/aromatic N) is 1. The van der Waals surface area contributed by atoms with Crippen molar-refractivity contribution in [2.75, 3.05) is 0 Å². The molecule has 0 radical (unpaired) electrons. The van der Waals surface area contributed by atoms with Crippen molar-refractivity contribution < 1.29 is 0 Å². The van der Waals surface area contributed by atoms with Crippen LogP contribution in [0, 0.1) is 0 Å². The molecule has 2 heteroatoms. The molecule has 0 unspecified atom stereocenters. The number of thiol groups is 1. The van der Waals surface area contributed by atoms with Gasteiger partial charge in [0.25, 0.3) is 0 Å². The van der Waals surface area contributed by atoms with E-state index in [1.807, 2.05) is 30.5 Å². The topological polar surface area (TPSA) is 12.9 Å². The molecule has 0 fully saturated rings.